The maximum Gasteiger partial charge on any atom is 0.343 e. The van der Waals surface area contributed by atoms with E-state index in [9.17, 15) is 4.79 Å². The summed E-state index contributed by atoms with van der Waals surface area (Å²) in [6.45, 7) is 2.03. The lowest BCUT2D eigenvalue weighted by atomic mass is 10.1. The number of esters is 1. The van der Waals surface area contributed by atoms with Crippen molar-refractivity contribution in [2.75, 3.05) is 0 Å². The molecule has 0 saturated carbocycles. The van der Waals surface area contributed by atoms with Gasteiger partial charge in [0.25, 0.3) is 0 Å². The molecule has 0 fully saturated rings. The summed E-state index contributed by atoms with van der Waals surface area (Å²) < 4.78 is 5.25. The first-order valence-electron chi connectivity index (χ1n) is 5.85. The highest BCUT2D eigenvalue weighted by atomic mass is 35.5. The van der Waals surface area contributed by atoms with E-state index in [1.54, 1.807) is 24.3 Å². The molecular formula is C15H12Cl2O2. The first kappa shape index (κ1) is 13.9. The van der Waals surface area contributed by atoms with Gasteiger partial charge in [-0.25, -0.2) is 4.79 Å². The lowest BCUT2D eigenvalue weighted by molar-refractivity contribution is 0.0734. The Morgan fingerprint density at radius 3 is 2.42 bits per heavy atom. The molecule has 0 aliphatic carbocycles. The molecule has 2 rings (SSSR count). The number of carbonyl (C=O) groups excluding carboxylic acids is 1. The van der Waals surface area contributed by atoms with Gasteiger partial charge in [-0.15, -0.1) is 0 Å². The topological polar surface area (TPSA) is 26.3 Å². The molecule has 0 radical (unpaired) electrons. The Bertz CT molecular complexity index is 589. The second-order valence-corrected chi connectivity index (χ2v) is 4.92. The Morgan fingerprint density at radius 2 is 1.79 bits per heavy atom. The molecule has 0 aliphatic rings. The molecule has 0 amide bonds. The van der Waals surface area contributed by atoms with Crippen LogP contribution in [0.15, 0.2) is 42.5 Å². The predicted molar refractivity (Wildman–Crippen MR) is 77.2 cm³/mol. The SMILES string of the molecule is CCc1cccc(C(=O)Oc2cc(Cl)cc(Cl)c2)c1. The van der Waals surface area contributed by atoms with Gasteiger partial charge in [-0.05, 0) is 42.3 Å². The van der Waals surface area contributed by atoms with E-state index in [0.717, 1.165) is 12.0 Å². The number of rotatable bonds is 3. The summed E-state index contributed by atoms with van der Waals surface area (Å²) in [6.07, 6.45) is 0.865. The summed E-state index contributed by atoms with van der Waals surface area (Å²) >= 11 is 11.7. The summed E-state index contributed by atoms with van der Waals surface area (Å²) in [7, 11) is 0. The van der Waals surface area contributed by atoms with Gasteiger partial charge in [-0.2, -0.15) is 0 Å². The van der Waals surface area contributed by atoms with Crippen molar-refractivity contribution < 1.29 is 9.53 Å². The minimum Gasteiger partial charge on any atom is -0.423 e. The van der Waals surface area contributed by atoms with Crippen LogP contribution in [-0.2, 0) is 6.42 Å². The van der Waals surface area contributed by atoms with Gasteiger partial charge in [-0.3, -0.25) is 0 Å². The van der Waals surface area contributed by atoms with Crippen LogP contribution in [0, 0.1) is 0 Å². The first-order valence-corrected chi connectivity index (χ1v) is 6.61. The van der Waals surface area contributed by atoms with Gasteiger partial charge in [0.2, 0.25) is 0 Å². The zero-order valence-corrected chi connectivity index (χ0v) is 11.8. The lowest BCUT2D eigenvalue weighted by Crippen LogP contribution is -2.08. The van der Waals surface area contributed by atoms with Crippen LogP contribution >= 0.6 is 23.2 Å². The third-order valence-corrected chi connectivity index (χ3v) is 3.05. The van der Waals surface area contributed by atoms with Gasteiger partial charge in [-0.1, -0.05) is 42.3 Å². The highest BCUT2D eigenvalue weighted by Crippen LogP contribution is 2.24. The van der Waals surface area contributed by atoms with Crippen LogP contribution in [0.2, 0.25) is 10.0 Å². The summed E-state index contributed by atoms with van der Waals surface area (Å²) in [5.41, 5.74) is 1.59. The van der Waals surface area contributed by atoms with Crippen molar-refractivity contribution in [3.05, 3.63) is 63.6 Å². The molecule has 0 atom stereocenters. The summed E-state index contributed by atoms with van der Waals surface area (Å²) in [5.74, 6) is -0.0852. The fourth-order valence-corrected chi connectivity index (χ4v) is 2.18. The molecule has 19 heavy (non-hydrogen) atoms. The Morgan fingerprint density at radius 1 is 1.11 bits per heavy atom. The molecule has 0 N–H and O–H groups in total. The van der Waals surface area contributed by atoms with Gasteiger partial charge in [0, 0.05) is 10.0 Å². The Kier molecular flexibility index (Phi) is 4.46. The molecule has 4 heteroatoms. The van der Waals surface area contributed by atoms with Crippen molar-refractivity contribution in [3.8, 4) is 5.75 Å². The average molecular weight is 295 g/mol. The Balaban J connectivity index is 2.20. The van der Waals surface area contributed by atoms with E-state index in [1.807, 2.05) is 25.1 Å². The summed E-state index contributed by atoms with van der Waals surface area (Å²) in [4.78, 5) is 12.0. The number of halogens is 2. The summed E-state index contributed by atoms with van der Waals surface area (Å²) in [6, 6.07) is 12.0. The minimum absolute atomic E-state index is 0.337. The third-order valence-electron chi connectivity index (χ3n) is 2.62. The number of aryl methyl sites for hydroxylation is 1. The van der Waals surface area contributed by atoms with Gasteiger partial charge in [0.05, 0.1) is 5.56 Å². The molecule has 0 spiro atoms. The van der Waals surface area contributed by atoms with Crippen LogP contribution < -0.4 is 4.74 Å². The highest BCUT2D eigenvalue weighted by molar-refractivity contribution is 6.34. The number of ether oxygens (including phenoxy) is 1. The highest BCUT2D eigenvalue weighted by Gasteiger charge is 2.10. The maximum absolute atomic E-state index is 12.0. The van der Waals surface area contributed by atoms with E-state index in [0.29, 0.717) is 21.4 Å². The number of hydrogen-bond donors (Lipinski definition) is 0. The second kappa shape index (κ2) is 6.09. The van der Waals surface area contributed by atoms with Crippen molar-refractivity contribution in [3.63, 3.8) is 0 Å². The van der Waals surface area contributed by atoms with Gasteiger partial charge in [0.15, 0.2) is 0 Å². The van der Waals surface area contributed by atoms with Crippen molar-refractivity contribution in [1.29, 1.82) is 0 Å². The third kappa shape index (κ3) is 3.72. The molecule has 0 heterocycles. The lowest BCUT2D eigenvalue weighted by Gasteiger charge is -2.06. The molecule has 0 saturated heterocycles. The minimum atomic E-state index is -0.423. The van der Waals surface area contributed by atoms with Crippen LogP contribution in [0.1, 0.15) is 22.8 Å². The zero-order valence-electron chi connectivity index (χ0n) is 10.3. The molecule has 2 aromatic carbocycles. The predicted octanol–water partition coefficient (Wildman–Crippen LogP) is 4.78. The molecular weight excluding hydrogens is 283 g/mol. The molecule has 0 bridgehead atoms. The molecule has 2 nitrogen and oxygen atoms in total. The fourth-order valence-electron chi connectivity index (χ4n) is 1.67. The summed E-state index contributed by atoms with van der Waals surface area (Å²) in [5, 5.41) is 0.857. The Labute approximate surface area is 121 Å². The van der Waals surface area contributed by atoms with Gasteiger partial charge >= 0.3 is 5.97 Å². The van der Waals surface area contributed by atoms with Gasteiger partial charge < -0.3 is 4.74 Å². The maximum atomic E-state index is 12.0. The van der Waals surface area contributed by atoms with Crippen LogP contribution in [0.3, 0.4) is 0 Å². The van der Waals surface area contributed by atoms with E-state index in [-0.39, 0.29) is 0 Å². The molecule has 0 aliphatic heterocycles. The second-order valence-electron chi connectivity index (χ2n) is 4.05. The quantitative estimate of drug-likeness (QED) is 0.602. The van der Waals surface area contributed by atoms with E-state index in [1.165, 1.54) is 0 Å². The fraction of sp³-hybridized carbons (Fsp3) is 0.133. The van der Waals surface area contributed by atoms with E-state index < -0.39 is 5.97 Å². The van der Waals surface area contributed by atoms with Crippen LogP contribution in [-0.4, -0.2) is 5.97 Å². The first-order chi connectivity index (χ1) is 9.08. The van der Waals surface area contributed by atoms with Crippen molar-refractivity contribution >= 4 is 29.2 Å². The monoisotopic (exact) mass is 294 g/mol. The number of benzene rings is 2. The smallest absolute Gasteiger partial charge is 0.343 e. The number of hydrogen-bond acceptors (Lipinski definition) is 2. The molecule has 2 aromatic rings. The average Bonchev–Trinajstić information content (AvgIpc) is 2.37. The van der Waals surface area contributed by atoms with Gasteiger partial charge in [0.1, 0.15) is 5.75 Å². The van der Waals surface area contributed by atoms with Crippen molar-refractivity contribution in [2.24, 2.45) is 0 Å². The molecule has 0 aromatic heterocycles. The van der Waals surface area contributed by atoms with Crippen LogP contribution in [0.5, 0.6) is 5.75 Å². The molecule has 0 unspecified atom stereocenters. The Hall–Kier alpha value is -1.51. The molecule has 98 valence electrons. The van der Waals surface area contributed by atoms with E-state index >= 15 is 0 Å². The largest absolute Gasteiger partial charge is 0.423 e. The zero-order chi connectivity index (χ0) is 13.8. The van der Waals surface area contributed by atoms with Crippen molar-refractivity contribution in [2.45, 2.75) is 13.3 Å². The van der Waals surface area contributed by atoms with E-state index in [2.05, 4.69) is 0 Å². The van der Waals surface area contributed by atoms with Crippen LogP contribution in [0.25, 0.3) is 0 Å². The number of carbonyl (C=O) groups is 1. The standard InChI is InChI=1S/C15H12Cl2O2/c1-2-10-4-3-5-11(6-10)15(18)19-14-8-12(16)7-13(17)9-14/h3-9H,2H2,1H3. The van der Waals surface area contributed by atoms with Crippen LogP contribution in [0.4, 0.5) is 0 Å². The normalized spacial score (nSPS) is 10.3. The van der Waals surface area contributed by atoms with Crippen molar-refractivity contribution in [1.82, 2.24) is 0 Å². The van der Waals surface area contributed by atoms with E-state index in [4.69, 9.17) is 27.9 Å².